The van der Waals surface area contributed by atoms with Crippen LogP contribution in [0.15, 0.2) is 60.2 Å². The number of halogens is 1. The molecule has 7 heteroatoms. The Morgan fingerprint density at radius 2 is 1.76 bits per heavy atom. The van der Waals surface area contributed by atoms with Crippen LogP contribution in [0.25, 0.3) is 6.08 Å². The molecule has 0 spiro atoms. The van der Waals surface area contributed by atoms with Crippen LogP contribution in [0.3, 0.4) is 0 Å². The lowest BCUT2D eigenvalue weighted by atomic mass is 10.1. The number of nitrogens with zero attached hydrogens (tertiary/aromatic N) is 1. The Balaban J connectivity index is 1.79. The number of nitriles is 1. The number of nitrogens with one attached hydrogen (secondary N) is 1. The van der Waals surface area contributed by atoms with E-state index in [2.05, 4.69) is 18.3 Å². The molecular formula is C27H25ClN2O4. The number of hydrogen-bond donors (Lipinski definition) is 1. The number of anilines is 1. The molecule has 0 heterocycles. The number of methoxy groups -OCH3 is 2. The van der Waals surface area contributed by atoms with Crippen molar-refractivity contribution in [2.24, 2.45) is 0 Å². The highest BCUT2D eigenvalue weighted by molar-refractivity contribution is 6.32. The van der Waals surface area contributed by atoms with Gasteiger partial charge in [0, 0.05) is 5.69 Å². The predicted molar refractivity (Wildman–Crippen MR) is 133 cm³/mol. The fourth-order valence-corrected chi connectivity index (χ4v) is 3.47. The normalized spacial score (nSPS) is 10.9. The summed E-state index contributed by atoms with van der Waals surface area (Å²) in [6.07, 6.45) is 1.44. The fourth-order valence-electron chi connectivity index (χ4n) is 3.20. The summed E-state index contributed by atoms with van der Waals surface area (Å²) in [5, 5.41) is 12.5. The van der Waals surface area contributed by atoms with E-state index in [1.54, 1.807) is 43.5 Å². The van der Waals surface area contributed by atoms with Gasteiger partial charge in [0.15, 0.2) is 11.5 Å². The van der Waals surface area contributed by atoms with Crippen molar-refractivity contribution < 1.29 is 19.0 Å². The maximum absolute atomic E-state index is 12.6. The Hall–Kier alpha value is -3.95. The first-order valence-corrected chi connectivity index (χ1v) is 10.9. The largest absolute Gasteiger partial charge is 0.497 e. The van der Waals surface area contributed by atoms with Gasteiger partial charge in [-0.1, -0.05) is 29.8 Å². The van der Waals surface area contributed by atoms with E-state index in [1.165, 1.54) is 24.3 Å². The van der Waals surface area contributed by atoms with Crippen molar-refractivity contribution >= 4 is 29.3 Å². The van der Waals surface area contributed by atoms with E-state index in [1.807, 2.05) is 25.1 Å². The van der Waals surface area contributed by atoms with Crippen molar-refractivity contribution in [1.82, 2.24) is 0 Å². The predicted octanol–water partition coefficient (Wildman–Crippen LogP) is 6.10. The summed E-state index contributed by atoms with van der Waals surface area (Å²) in [6, 6.07) is 18.1. The number of benzene rings is 3. The molecule has 0 aliphatic carbocycles. The molecule has 0 atom stereocenters. The van der Waals surface area contributed by atoms with Gasteiger partial charge in [-0.05, 0) is 78.6 Å². The quantitative estimate of drug-likeness (QED) is 0.314. The van der Waals surface area contributed by atoms with Gasteiger partial charge in [0.1, 0.15) is 24.0 Å². The third-order valence-electron chi connectivity index (χ3n) is 5.23. The lowest BCUT2D eigenvalue weighted by Crippen LogP contribution is -2.13. The van der Waals surface area contributed by atoms with Crippen molar-refractivity contribution in [2.75, 3.05) is 19.5 Å². The molecular weight excluding hydrogens is 452 g/mol. The van der Waals surface area contributed by atoms with Gasteiger partial charge in [0.25, 0.3) is 5.91 Å². The SMILES string of the molecule is COc1ccc(NC(=O)/C(C#N)=C/c2cc(Cl)c(OCc3ccc(C)c(C)c3)c(OC)c2)cc1. The third kappa shape index (κ3) is 6.09. The van der Waals surface area contributed by atoms with Crippen LogP contribution in [0.4, 0.5) is 5.69 Å². The van der Waals surface area contributed by atoms with E-state index in [0.717, 1.165) is 5.56 Å². The van der Waals surface area contributed by atoms with Crippen LogP contribution >= 0.6 is 11.6 Å². The second-order valence-electron chi connectivity index (χ2n) is 7.59. The number of carbonyl (C=O) groups excluding carboxylic acids is 1. The molecule has 0 aliphatic rings. The van der Waals surface area contributed by atoms with Gasteiger partial charge < -0.3 is 19.5 Å². The number of aryl methyl sites for hydroxylation is 2. The molecule has 0 saturated carbocycles. The summed E-state index contributed by atoms with van der Waals surface area (Å²) < 4.78 is 16.5. The number of carbonyl (C=O) groups is 1. The molecule has 34 heavy (non-hydrogen) atoms. The first-order valence-electron chi connectivity index (χ1n) is 10.5. The zero-order valence-corrected chi connectivity index (χ0v) is 20.2. The van der Waals surface area contributed by atoms with Crippen LogP contribution in [0, 0.1) is 25.2 Å². The Morgan fingerprint density at radius 1 is 1.03 bits per heavy atom. The maximum Gasteiger partial charge on any atom is 0.266 e. The maximum atomic E-state index is 12.6. The minimum atomic E-state index is -0.544. The summed E-state index contributed by atoms with van der Waals surface area (Å²) in [7, 11) is 3.06. The molecule has 3 rings (SSSR count). The van der Waals surface area contributed by atoms with Crippen LogP contribution in [0.5, 0.6) is 17.2 Å². The van der Waals surface area contributed by atoms with Crippen molar-refractivity contribution in [3.8, 4) is 23.3 Å². The average molecular weight is 477 g/mol. The number of amides is 1. The van der Waals surface area contributed by atoms with Crippen LogP contribution < -0.4 is 19.5 Å². The van der Waals surface area contributed by atoms with Gasteiger partial charge >= 0.3 is 0 Å². The molecule has 1 amide bonds. The van der Waals surface area contributed by atoms with E-state index < -0.39 is 5.91 Å². The van der Waals surface area contributed by atoms with Gasteiger partial charge in [0.2, 0.25) is 0 Å². The second-order valence-corrected chi connectivity index (χ2v) is 8.00. The van der Waals surface area contributed by atoms with E-state index >= 15 is 0 Å². The molecule has 0 fully saturated rings. The first-order chi connectivity index (χ1) is 16.3. The van der Waals surface area contributed by atoms with E-state index in [4.69, 9.17) is 25.8 Å². The summed E-state index contributed by atoms with van der Waals surface area (Å²) in [5.74, 6) is 0.907. The Bertz CT molecular complexity index is 1260. The van der Waals surface area contributed by atoms with Gasteiger partial charge in [0.05, 0.1) is 19.2 Å². The lowest BCUT2D eigenvalue weighted by Gasteiger charge is -2.14. The molecule has 0 bridgehead atoms. The summed E-state index contributed by atoms with van der Waals surface area (Å²) in [5.41, 5.74) is 4.38. The van der Waals surface area contributed by atoms with Crippen LogP contribution in [-0.4, -0.2) is 20.1 Å². The van der Waals surface area contributed by atoms with Crippen molar-refractivity contribution in [3.05, 3.63) is 87.4 Å². The smallest absolute Gasteiger partial charge is 0.266 e. The zero-order chi connectivity index (χ0) is 24.7. The van der Waals surface area contributed by atoms with Crippen molar-refractivity contribution in [2.45, 2.75) is 20.5 Å². The van der Waals surface area contributed by atoms with Crippen LogP contribution in [0.1, 0.15) is 22.3 Å². The zero-order valence-electron chi connectivity index (χ0n) is 19.4. The van der Waals surface area contributed by atoms with E-state index in [-0.39, 0.29) is 5.57 Å². The van der Waals surface area contributed by atoms with Gasteiger partial charge in [-0.2, -0.15) is 5.26 Å². The van der Waals surface area contributed by atoms with Crippen molar-refractivity contribution in [3.63, 3.8) is 0 Å². The molecule has 1 N–H and O–H groups in total. The van der Waals surface area contributed by atoms with Crippen LogP contribution in [-0.2, 0) is 11.4 Å². The highest BCUT2D eigenvalue weighted by atomic mass is 35.5. The van der Waals surface area contributed by atoms with Gasteiger partial charge in [-0.25, -0.2) is 0 Å². The Kier molecular flexibility index (Phi) is 8.18. The lowest BCUT2D eigenvalue weighted by molar-refractivity contribution is -0.112. The monoisotopic (exact) mass is 476 g/mol. The molecule has 6 nitrogen and oxygen atoms in total. The molecule has 0 aromatic heterocycles. The molecule has 0 unspecified atom stereocenters. The number of ether oxygens (including phenoxy) is 3. The number of rotatable bonds is 8. The Morgan fingerprint density at radius 3 is 2.38 bits per heavy atom. The first kappa shape index (κ1) is 24.7. The molecule has 0 aliphatic heterocycles. The van der Waals surface area contributed by atoms with E-state index in [9.17, 15) is 10.1 Å². The average Bonchev–Trinajstić information content (AvgIpc) is 2.84. The minimum absolute atomic E-state index is 0.0854. The van der Waals surface area contributed by atoms with Gasteiger partial charge in [-0.3, -0.25) is 4.79 Å². The third-order valence-corrected chi connectivity index (χ3v) is 5.51. The standard InChI is InChI=1S/C27H25ClN2O4/c1-17-5-6-19(11-18(17)2)16-34-26-24(28)13-20(14-25(26)33-4)12-21(15-29)27(31)30-22-7-9-23(32-3)10-8-22/h5-14H,16H2,1-4H3,(H,30,31)/b21-12+. The summed E-state index contributed by atoms with van der Waals surface area (Å²) >= 11 is 6.47. The molecule has 0 radical (unpaired) electrons. The highest BCUT2D eigenvalue weighted by Crippen LogP contribution is 2.37. The Labute approximate surface area is 204 Å². The topological polar surface area (TPSA) is 80.6 Å². The van der Waals surface area contributed by atoms with E-state index in [0.29, 0.717) is 40.1 Å². The summed E-state index contributed by atoms with van der Waals surface area (Å²) in [6.45, 7) is 4.42. The molecule has 174 valence electrons. The molecule has 3 aromatic carbocycles. The second kappa shape index (κ2) is 11.3. The minimum Gasteiger partial charge on any atom is -0.497 e. The number of hydrogen-bond acceptors (Lipinski definition) is 5. The molecule has 0 saturated heterocycles. The molecule has 3 aromatic rings. The summed E-state index contributed by atoms with van der Waals surface area (Å²) in [4.78, 5) is 12.6. The van der Waals surface area contributed by atoms with Crippen molar-refractivity contribution in [1.29, 1.82) is 5.26 Å². The van der Waals surface area contributed by atoms with Gasteiger partial charge in [-0.15, -0.1) is 0 Å². The van der Waals surface area contributed by atoms with Crippen LogP contribution in [0.2, 0.25) is 5.02 Å². The highest BCUT2D eigenvalue weighted by Gasteiger charge is 2.15. The fraction of sp³-hybridized carbons (Fsp3) is 0.185.